The zero-order valence-corrected chi connectivity index (χ0v) is 15.3. The summed E-state index contributed by atoms with van der Waals surface area (Å²) in [4.78, 5) is 16.3. The molecule has 0 fully saturated rings. The van der Waals surface area contributed by atoms with E-state index < -0.39 is 0 Å². The third-order valence-electron chi connectivity index (χ3n) is 5.27. The number of aromatic nitrogens is 1. The Bertz CT molecular complexity index is 761. The highest BCUT2D eigenvalue weighted by Crippen LogP contribution is 2.42. The van der Waals surface area contributed by atoms with Gasteiger partial charge >= 0.3 is 6.03 Å². The lowest BCUT2D eigenvalue weighted by atomic mass is 9.95. The minimum Gasteiger partial charge on any atom is -0.338 e. The van der Waals surface area contributed by atoms with E-state index in [1.165, 1.54) is 46.0 Å². The molecule has 3 heterocycles. The van der Waals surface area contributed by atoms with Crippen LogP contribution in [0, 0.1) is 0 Å². The maximum absolute atomic E-state index is 12.8. The summed E-state index contributed by atoms with van der Waals surface area (Å²) < 4.78 is 2.32. The van der Waals surface area contributed by atoms with Crippen molar-refractivity contribution < 1.29 is 4.79 Å². The summed E-state index contributed by atoms with van der Waals surface area (Å²) in [6.45, 7) is 5.68. The minimum atomic E-state index is 0.0562. The Labute approximate surface area is 147 Å². The number of hydrogen-bond donors (Lipinski definition) is 1. The third kappa shape index (κ3) is 2.46. The number of carbonyl (C=O) groups is 1. The van der Waals surface area contributed by atoms with E-state index in [4.69, 9.17) is 0 Å². The summed E-state index contributed by atoms with van der Waals surface area (Å²) in [5, 5.41) is 4.40. The molecule has 0 spiro atoms. The van der Waals surface area contributed by atoms with E-state index in [0.29, 0.717) is 0 Å². The first-order chi connectivity index (χ1) is 11.7. The lowest BCUT2D eigenvalue weighted by molar-refractivity contribution is 0.175. The zero-order valence-electron chi connectivity index (χ0n) is 14.5. The average molecular weight is 343 g/mol. The maximum atomic E-state index is 12.8. The molecule has 0 unspecified atom stereocenters. The highest BCUT2D eigenvalue weighted by atomic mass is 32.1. The number of nitrogens with one attached hydrogen (secondary N) is 1. The number of thiophene rings is 1. The Morgan fingerprint density at radius 1 is 1.33 bits per heavy atom. The molecule has 128 valence electrons. The van der Waals surface area contributed by atoms with Crippen LogP contribution in [0.5, 0.6) is 0 Å². The van der Waals surface area contributed by atoms with Gasteiger partial charge in [0.15, 0.2) is 0 Å². The van der Waals surface area contributed by atoms with Gasteiger partial charge in [0.1, 0.15) is 5.00 Å². The molecule has 4 rings (SSSR count). The van der Waals surface area contributed by atoms with Gasteiger partial charge in [0.2, 0.25) is 0 Å². The second-order valence-electron chi connectivity index (χ2n) is 6.83. The summed E-state index contributed by atoms with van der Waals surface area (Å²) in [6, 6.07) is 4.39. The van der Waals surface area contributed by atoms with Gasteiger partial charge < -0.3 is 14.8 Å². The monoisotopic (exact) mass is 343 g/mol. The fraction of sp³-hybridized carbons (Fsp3) is 0.526. The lowest BCUT2D eigenvalue weighted by Gasteiger charge is -2.28. The Hall–Kier alpha value is -1.75. The molecule has 24 heavy (non-hydrogen) atoms. The number of rotatable bonds is 2. The molecule has 5 heteroatoms. The number of hydrogen-bond acceptors (Lipinski definition) is 2. The van der Waals surface area contributed by atoms with Gasteiger partial charge in [0.25, 0.3) is 0 Å². The maximum Gasteiger partial charge on any atom is 0.318 e. The Morgan fingerprint density at radius 3 is 3.00 bits per heavy atom. The van der Waals surface area contributed by atoms with Crippen molar-refractivity contribution in [1.29, 1.82) is 0 Å². The van der Waals surface area contributed by atoms with Crippen molar-refractivity contribution in [2.45, 2.75) is 58.5 Å². The molecule has 0 bridgehead atoms. The third-order valence-corrected chi connectivity index (χ3v) is 6.60. The first-order valence-electron chi connectivity index (χ1n) is 9.06. The first-order valence-corrected chi connectivity index (χ1v) is 9.88. The van der Waals surface area contributed by atoms with E-state index in [0.717, 1.165) is 25.9 Å². The van der Waals surface area contributed by atoms with E-state index in [2.05, 4.69) is 42.1 Å². The molecule has 4 nitrogen and oxygen atoms in total. The molecule has 1 atom stereocenters. The molecule has 0 saturated carbocycles. The van der Waals surface area contributed by atoms with Crippen LogP contribution in [0.4, 0.5) is 4.79 Å². The van der Waals surface area contributed by atoms with E-state index in [9.17, 15) is 4.79 Å². The second-order valence-corrected chi connectivity index (χ2v) is 7.92. The van der Waals surface area contributed by atoms with Crippen LogP contribution in [-0.2, 0) is 19.4 Å². The van der Waals surface area contributed by atoms with Crippen LogP contribution in [0.25, 0.3) is 5.00 Å². The van der Waals surface area contributed by atoms with Crippen LogP contribution in [0.2, 0.25) is 0 Å². The van der Waals surface area contributed by atoms with Crippen molar-refractivity contribution in [1.82, 2.24) is 14.8 Å². The van der Waals surface area contributed by atoms with Crippen molar-refractivity contribution in [3.05, 3.63) is 40.0 Å². The number of aryl methyl sites for hydroxylation is 1. The van der Waals surface area contributed by atoms with Crippen molar-refractivity contribution >= 4 is 17.4 Å². The Balaban J connectivity index is 1.80. The van der Waals surface area contributed by atoms with Gasteiger partial charge in [-0.1, -0.05) is 6.92 Å². The second kappa shape index (κ2) is 6.28. The van der Waals surface area contributed by atoms with Crippen LogP contribution >= 0.6 is 11.3 Å². The number of fused-ring (bicyclic) bond motifs is 5. The molecule has 0 saturated heterocycles. The predicted octanol–water partition coefficient (Wildman–Crippen LogP) is 4.41. The summed E-state index contributed by atoms with van der Waals surface area (Å²) in [5.41, 5.74) is 4.10. The van der Waals surface area contributed by atoms with Gasteiger partial charge in [0.05, 0.1) is 12.6 Å². The fourth-order valence-corrected chi connectivity index (χ4v) is 5.35. The standard InChI is InChI=1S/C19H25N3OS/c1-3-10-20-19(23)22-12-15-14-7-4-5-9-17(14)24-18(15)21-11-6-8-16(21)13(22)2/h6,8,11,13H,3-5,7,9-10,12H2,1-2H3,(H,20,23)/t13-/m0/s1. The van der Waals surface area contributed by atoms with Gasteiger partial charge in [-0.05, 0) is 56.7 Å². The van der Waals surface area contributed by atoms with E-state index in [1.54, 1.807) is 0 Å². The molecule has 1 aliphatic heterocycles. The lowest BCUT2D eigenvalue weighted by Crippen LogP contribution is -2.41. The molecule has 1 N–H and O–H groups in total. The first kappa shape index (κ1) is 15.8. The summed E-state index contributed by atoms with van der Waals surface area (Å²) in [6.07, 6.45) is 8.04. The van der Waals surface area contributed by atoms with Crippen molar-refractivity contribution in [3.8, 4) is 5.00 Å². The molecule has 0 aromatic carbocycles. The average Bonchev–Trinajstić information content (AvgIpc) is 3.19. The van der Waals surface area contributed by atoms with Crippen LogP contribution in [-0.4, -0.2) is 22.0 Å². The van der Waals surface area contributed by atoms with Crippen molar-refractivity contribution in [2.75, 3.05) is 6.54 Å². The number of urea groups is 1. The quantitative estimate of drug-likeness (QED) is 0.861. The predicted molar refractivity (Wildman–Crippen MR) is 97.9 cm³/mol. The topological polar surface area (TPSA) is 37.3 Å². The van der Waals surface area contributed by atoms with Crippen LogP contribution in [0.1, 0.15) is 60.8 Å². The molecule has 0 radical (unpaired) electrons. The number of amides is 2. The fourth-order valence-electron chi connectivity index (χ4n) is 3.94. The van der Waals surface area contributed by atoms with Crippen molar-refractivity contribution in [2.24, 2.45) is 0 Å². The van der Waals surface area contributed by atoms with E-state index >= 15 is 0 Å². The summed E-state index contributed by atoms with van der Waals surface area (Å²) in [7, 11) is 0. The van der Waals surface area contributed by atoms with Gasteiger partial charge in [-0.15, -0.1) is 11.3 Å². The highest BCUT2D eigenvalue weighted by Gasteiger charge is 2.32. The molecule has 2 aromatic rings. The molecule has 2 aromatic heterocycles. The molecular formula is C19H25N3OS. The highest BCUT2D eigenvalue weighted by molar-refractivity contribution is 7.15. The largest absolute Gasteiger partial charge is 0.338 e. The zero-order chi connectivity index (χ0) is 16.7. The summed E-state index contributed by atoms with van der Waals surface area (Å²) >= 11 is 1.94. The van der Waals surface area contributed by atoms with E-state index in [-0.39, 0.29) is 12.1 Å². The van der Waals surface area contributed by atoms with Gasteiger partial charge in [0, 0.05) is 28.9 Å². The van der Waals surface area contributed by atoms with Crippen LogP contribution < -0.4 is 5.32 Å². The molecule has 2 aliphatic rings. The SMILES string of the molecule is CCCNC(=O)N1Cc2c(sc3c2CCCC3)-n2cccc2[C@@H]1C. The van der Waals surface area contributed by atoms with Gasteiger partial charge in [-0.25, -0.2) is 4.79 Å². The molecule has 2 amide bonds. The minimum absolute atomic E-state index is 0.0562. The van der Waals surface area contributed by atoms with Gasteiger partial charge in [-0.2, -0.15) is 0 Å². The summed E-state index contributed by atoms with van der Waals surface area (Å²) in [5.74, 6) is 0. The van der Waals surface area contributed by atoms with E-state index in [1.807, 2.05) is 16.2 Å². The Kier molecular flexibility index (Phi) is 4.12. The van der Waals surface area contributed by atoms with Crippen LogP contribution in [0.15, 0.2) is 18.3 Å². The molecule has 1 aliphatic carbocycles. The number of nitrogens with zero attached hydrogens (tertiary/aromatic N) is 2. The molecular weight excluding hydrogens is 318 g/mol. The van der Waals surface area contributed by atoms with Gasteiger partial charge in [-0.3, -0.25) is 0 Å². The van der Waals surface area contributed by atoms with Crippen LogP contribution in [0.3, 0.4) is 0 Å². The normalized spacial score (nSPS) is 19.2. The van der Waals surface area contributed by atoms with Crippen molar-refractivity contribution in [3.63, 3.8) is 0 Å². The smallest absolute Gasteiger partial charge is 0.318 e. The Morgan fingerprint density at radius 2 is 2.17 bits per heavy atom. The number of carbonyl (C=O) groups excluding carboxylic acids is 1.